The number of carbonyl (C=O) groups is 2. The average Bonchev–Trinajstić information content (AvgIpc) is 2.41. The Morgan fingerprint density at radius 2 is 1.62 bits per heavy atom. The van der Waals surface area contributed by atoms with Gasteiger partial charge in [-0.2, -0.15) is 13.2 Å². The van der Waals surface area contributed by atoms with Crippen LogP contribution in [0.1, 0.15) is 38.5 Å². The van der Waals surface area contributed by atoms with Crippen LogP contribution in [-0.2, 0) is 9.59 Å². The molecule has 0 spiro atoms. The molecule has 0 N–H and O–H groups in total. The second-order valence-electron chi connectivity index (χ2n) is 6.15. The third-order valence-electron chi connectivity index (χ3n) is 4.93. The van der Waals surface area contributed by atoms with E-state index in [0.29, 0.717) is 38.0 Å². The highest BCUT2D eigenvalue weighted by atomic mass is 19.4. The van der Waals surface area contributed by atoms with Crippen LogP contribution in [0.4, 0.5) is 13.2 Å². The van der Waals surface area contributed by atoms with Gasteiger partial charge in [-0.3, -0.25) is 9.59 Å². The fourth-order valence-corrected chi connectivity index (χ4v) is 3.94. The number of ketones is 2. The summed E-state index contributed by atoms with van der Waals surface area (Å²) in [6.45, 7) is 0.901. The number of fused-ring (bicyclic) bond motifs is 1. The molecule has 0 radical (unpaired) electrons. The van der Waals surface area contributed by atoms with Crippen molar-refractivity contribution < 1.29 is 22.8 Å². The Labute approximate surface area is 121 Å². The van der Waals surface area contributed by atoms with Gasteiger partial charge in [0.1, 0.15) is 5.78 Å². The number of allylic oxidation sites excluding steroid dienone is 2. The number of nitrogens with zero attached hydrogens (tertiary/aromatic N) is 1. The largest absolute Gasteiger partial charge is 0.454 e. The van der Waals surface area contributed by atoms with Crippen molar-refractivity contribution in [2.24, 2.45) is 11.8 Å². The molecule has 0 aromatic carbocycles. The summed E-state index contributed by atoms with van der Waals surface area (Å²) in [5, 5.41) is 0. The minimum Gasteiger partial charge on any atom is -0.373 e. The lowest BCUT2D eigenvalue weighted by atomic mass is 9.62. The summed E-state index contributed by atoms with van der Waals surface area (Å²) in [6, 6.07) is 0. The number of halogens is 3. The highest BCUT2D eigenvalue weighted by Gasteiger charge is 2.53. The maximum atomic E-state index is 12.8. The Morgan fingerprint density at radius 3 is 2.19 bits per heavy atom. The van der Waals surface area contributed by atoms with E-state index in [2.05, 4.69) is 0 Å². The van der Waals surface area contributed by atoms with E-state index in [9.17, 15) is 22.8 Å². The smallest absolute Gasteiger partial charge is 0.373 e. The molecule has 21 heavy (non-hydrogen) atoms. The first-order valence-corrected chi connectivity index (χ1v) is 7.52. The lowest BCUT2D eigenvalue weighted by Crippen LogP contribution is -2.49. The molecule has 1 heterocycles. The summed E-state index contributed by atoms with van der Waals surface area (Å²) >= 11 is 0. The molecule has 1 aliphatic heterocycles. The van der Waals surface area contributed by atoms with E-state index >= 15 is 0 Å². The van der Waals surface area contributed by atoms with Gasteiger partial charge in [0.25, 0.3) is 5.78 Å². The van der Waals surface area contributed by atoms with E-state index in [1.54, 1.807) is 0 Å². The Bertz CT molecular complexity index is 500. The molecular weight excluding hydrogens is 283 g/mol. The van der Waals surface area contributed by atoms with Crippen molar-refractivity contribution >= 4 is 11.6 Å². The molecule has 2 aliphatic carbocycles. The average molecular weight is 301 g/mol. The predicted molar refractivity (Wildman–Crippen MR) is 69.4 cm³/mol. The first-order valence-electron chi connectivity index (χ1n) is 7.52. The Balaban J connectivity index is 1.91. The van der Waals surface area contributed by atoms with Crippen LogP contribution in [-0.4, -0.2) is 35.7 Å². The second kappa shape index (κ2) is 5.14. The van der Waals surface area contributed by atoms with Gasteiger partial charge in [-0.05, 0) is 18.8 Å². The number of piperidine rings is 1. The molecular formula is C15H18F3NO2. The van der Waals surface area contributed by atoms with Crippen LogP contribution in [0.3, 0.4) is 0 Å². The van der Waals surface area contributed by atoms with E-state index in [1.807, 2.05) is 4.90 Å². The zero-order valence-electron chi connectivity index (χ0n) is 11.7. The number of rotatable bonds is 2. The first kappa shape index (κ1) is 14.6. The molecule has 0 aromatic heterocycles. The molecule has 2 fully saturated rings. The summed E-state index contributed by atoms with van der Waals surface area (Å²) in [5.74, 6) is -1.65. The second-order valence-corrected chi connectivity index (χ2v) is 6.15. The van der Waals surface area contributed by atoms with Crippen molar-refractivity contribution in [3.05, 3.63) is 11.3 Å². The maximum Gasteiger partial charge on any atom is 0.454 e. The lowest BCUT2D eigenvalue weighted by Gasteiger charge is -2.49. The van der Waals surface area contributed by atoms with Crippen molar-refractivity contribution in [1.82, 2.24) is 4.90 Å². The van der Waals surface area contributed by atoms with Gasteiger partial charge in [0.15, 0.2) is 0 Å². The van der Waals surface area contributed by atoms with Gasteiger partial charge in [-0.1, -0.05) is 12.8 Å². The van der Waals surface area contributed by atoms with Gasteiger partial charge < -0.3 is 4.90 Å². The summed E-state index contributed by atoms with van der Waals surface area (Å²) in [7, 11) is 0. The van der Waals surface area contributed by atoms with E-state index in [0.717, 1.165) is 19.3 Å². The normalized spacial score (nSPS) is 30.0. The molecule has 3 nitrogen and oxygen atoms in total. The SMILES string of the molecule is O=C1CCN(C2=C(C(=O)C(F)(F)F)C3CCCCC23)CC1. The van der Waals surface area contributed by atoms with Gasteiger partial charge in [0.2, 0.25) is 0 Å². The standard InChI is InChI=1S/C15H18F3NO2/c16-15(17,18)14(21)12-10-3-1-2-4-11(10)13(12)19-7-5-9(20)6-8-19/h10-11H,1-8H2. The zero-order chi connectivity index (χ0) is 15.2. The Kier molecular flexibility index (Phi) is 3.58. The van der Waals surface area contributed by atoms with Gasteiger partial charge in [0.05, 0.1) is 0 Å². The predicted octanol–water partition coefficient (Wildman–Crippen LogP) is 2.86. The molecule has 1 saturated carbocycles. The Hall–Kier alpha value is -1.33. The van der Waals surface area contributed by atoms with Crippen LogP contribution in [0.25, 0.3) is 0 Å². The van der Waals surface area contributed by atoms with Crippen LogP contribution in [0, 0.1) is 11.8 Å². The third kappa shape index (κ3) is 2.49. The van der Waals surface area contributed by atoms with Crippen LogP contribution in [0.5, 0.6) is 0 Å². The van der Waals surface area contributed by atoms with E-state index in [1.165, 1.54) is 0 Å². The fourth-order valence-electron chi connectivity index (χ4n) is 3.94. The van der Waals surface area contributed by atoms with Crippen LogP contribution in [0.2, 0.25) is 0 Å². The van der Waals surface area contributed by atoms with Crippen LogP contribution >= 0.6 is 0 Å². The number of hydrogen-bond donors (Lipinski definition) is 0. The third-order valence-corrected chi connectivity index (χ3v) is 4.93. The van der Waals surface area contributed by atoms with E-state index in [4.69, 9.17) is 0 Å². The van der Waals surface area contributed by atoms with E-state index in [-0.39, 0.29) is 23.2 Å². The molecule has 0 amide bonds. The molecule has 3 aliphatic rings. The molecule has 0 bridgehead atoms. The number of carbonyl (C=O) groups excluding carboxylic acids is 2. The summed E-state index contributed by atoms with van der Waals surface area (Å²) in [6.07, 6.45) is -0.624. The zero-order valence-corrected chi connectivity index (χ0v) is 11.7. The molecule has 116 valence electrons. The van der Waals surface area contributed by atoms with Crippen molar-refractivity contribution in [3.8, 4) is 0 Å². The minimum atomic E-state index is -4.80. The molecule has 6 heteroatoms. The van der Waals surface area contributed by atoms with Crippen molar-refractivity contribution in [3.63, 3.8) is 0 Å². The Morgan fingerprint density at radius 1 is 1.05 bits per heavy atom. The minimum absolute atomic E-state index is 0.0125. The highest BCUT2D eigenvalue weighted by Crippen LogP contribution is 2.52. The number of hydrogen-bond acceptors (Lipinski definition) is 3. The van der Waals surface area contributed by atoms with Gasteiger partial charge in [0, 0.05) is 43.1 Å². The summed E-state index contributed by atoms with van der Waals surface area (Å²) in [5.41, 5.74) is 0.580. The number of Topliss-reactive ketones (excluding diaryl/α,β-unsaturated/α-hetero) is 2. The van der Waals surface area contributed by atoms with Crippen LogP contribution in [0.15, 0.2) is 11.3 Å². The molecule has 0 aromatic rings. The van der Waals surface area contributed by atoms with Gasteiger partial charge >= 0.3 is 6.18 Å². The van der Waals surface area contributed by atoms with Crippen LogP contribution < -0.4 is 0 Å². The quantitative estimate of drug-likeness (QED) is 0.787. The molecule has 2 atom stereocenters. The summed E-state index contributed by atoms with van der Waals surface area (Å²) in [4.78, 5) is 24.9. The number of alkyl halides is 3. The molecule has 3 rings (SSSR count). The van der Waals surface area contributed by atoms with Gasteiger partial charge in [-0.25, -0.2) is 0 Å². The van der Waals surface area contributed by atoms with Crippen molar-refractivity contribution in [1.29, 1.82) is 0 Å². The van der Waals surface area contributed by atoms with Crippen molar-refractivity contribution in [2.75, 3.05) is 13.1 Å². The highest BCUT2D eigenvalue weighted by molar-refractivity contribution is 6.02. The summed E-state index contributed by atoms with van der Waals surface area (Å²) < 4.78 is 38.5. The fraction of sp³-hybridized carbons (Fsp3) is 0.733. The maximum absolute atomic E-state index is 12.8. The topological polar surface area (TPSA) is 37.4 Å². The number of likely N-dealkylation sites (tertiary alicyclic amines) is 1. The monoisotopic (exact) mass is 301 g/mol. The molecule has 1 saturated heterocycles. The van der Waals surface area contributed by atoms with E-state index < -0.39 is 12.0 Å². The molecule has 2 unspecified atom stereocenters. The lowest BCUT2D eigenvalue weighted by molar-refractivity contribution is -0.168. The van der Waals surface area contributed by atoms with Crippen molar-refractivity contribution in [2.45, 2.75) is 44.7 Å². The van der Waals surface area contributed by atoms with Gasteiger partial charge in [-0.15, -0.1) is 0 Å². The first-order chi connectivity index (χ1) is 9.89.